The van der Waals surface area contributed by atoms with Crippen LogP contribution in [0.25, 0.3) is 0 Å². The fourth-order valence-electron chi connectivity index (χ4n) is 6.04. The Morgan fingerprint density at radius 3 is 2.19 bits per heavy atom. The number of ketones is 2. The molecule has 3 heterocycles. The highest BCUT2D eigenvalue weighted by Crippen LogP contribution is 2.58. The number of Topliss-reactive ketones (excluding diaryl/α,β-unsaturated/α-hetero) is 2. The minimum absolute atomic E-state index is 0.0416. The monoisotopic (exact) mass is 495 g/mol. The van der Waals surface area contributed by atoms with Crippen LogP contribution in [0.3, 0.4) is 0 Å². The van der Waals surface area contributed by atoms with Crippen LogP contribution in [0.1, 0.15) is 44.9 Å². The third-order valence-corrected chi connectivity index (χ3v) is 7.85. The smallest absolute Gasteiger partial charge is 0.241 e. The molecule has 3 aliphatic heterocycles. The van der Waals surface area contributed by atoms with Crippen molar-refractivity contribution in [3.63, 3.8) is 0 Å². The molecule has 0 saturated carbocycles. The van der Waals surface area contributed by atoms with Gasteiger partial charge in [0.15, 0.2) is 11.5 Å². The van der Waals surface area contributed by atoms with Gasteiger partial charge in [0, 0.05) is 17.2 Å². The van der Waals surface area contributed by atoms with E-state index in [-0.39, 0.29) is 17.9 Å². The number of imide groups is 1. The van der Waals surface area contributed by atoms with Crippen LogP contribution in [0.5, 0.6) is 11.5 Å². The van der Waals surface area contributed by atoms with Crippen LogP contribution in [0.2, 0.25) is 0 Å². The molecule has 0 N–H and O–H groups in total. The Bertz CT molecular complexity index is 1490. The van der Waals surface area contributed by atoms with E-state index in [2.05, 4.69) is 0 Å². The van der Waals surface area contributed by atoms with Crippen LogP contribution >= 0.6 is 0 Å². The van der Waals surface area contributed by atoms with Gasteiger partial charge in [-0.15, -0.1) is 0 Å². The van der Waals surface area contributed by atoms with Crippen molar-refractivity contribution in [3.05, 3.63) is 89.0 Å². The highest BCUT2D eigenvalue weighted by molar-refractivity contribution is 6.37. The standard InChI is InChI=1S/C29H21NO7/c1-2-15-7-9-16(10-8-15)24-22-23(29(37-24)25(31)18-5-3-4-6-19(18)26(29)32)28(34)30(27(22)33)17-11-12-20-21(13-17)36-14-35-20/h3-13,22-24H,2,14H2,1H3. The van der Waals surface area contributed by atoms with Gasteiger partial charge in [0.05, 0.1) is 23.6 Å². The van der Waals surface area contributed by atoms with Gasteiger partial charge in [-0.05, 0) is 29.7 Å². The van der Waals surface area contributed by atoms with Crippen LogP contribution in [-0.4, -0.2) is 35.8 Å². The number of carbonyl (C=O) groups is 4. The Morgan fingerprint density at radius 2 is 1.51 bits per heavy atom. The minimum Gasteiger partial charge on any atom is -0.454 e. The predicted octanol–water partition coefficient (Wildman–Crippen LogP) is 3.67. The molecule has 2 fully saturated rings. The Balaban J connectivity index is 1.39. The Labute approximate surface area is 211 Å². The summed E-state index contributed by atoms with van der Waals surface area (Å²) >= 11 is 0. The van der Waals surface area contributed by atoms with Crippen LogP contribution in [0, 0.1) is 11.8 Å². The molecule has 3 atom stereocenters. The highest BCUT2D eigenvalue weighted by Gasteiger charge is 2.74. The van der Waals surface area contributed by atoms with E-state index in [1.807, 2.05) is 31.2 Å². The maximum absolute atomic E-state index is 14.0. The van der Waals surface area contributed by atoms with Gasteiger partial charge in [0.1, 0.15) is 0 Å². The first-order valence-electron chi connectivity index (χ1n) is 12.2. The second-order valence-corrected chi connectivity index (χ2v) is 9.63. The Morgan fingerprint density at radius 1 is 0.838 bits per heavy atom. The SMILES string of the molecule is CCc1ccc(C2OC3(C(=O)c4ccccc4C3=O)C3C(=O)N(c4ccc5c(c4)OCO5)C(=O)C23)cc1. The predicted molar refractivity (Wildman–Crippen MR) is 130 cm³/mol. The number of aryl methyl sites for hydroxylation is 1. The quantitative estimate of drug-likeness (QED) is 0.404. The molecule has 1 spiro atoms. The third kappa shape index (κ3) is 2.76. The van der Waals surface area contributed by atoms with E-state index in [1.165, 1.54) is 0 Å². The Hall–Kier alpha value is -4.30. The van der Waals surface area contributed by atoms with Crippen molar-refractivity contribution in [1.82, 2.24) is 0 Å². The van der Waals surface area contributed by atoms with Crippen molar-refractivity contribution < 1.29 is 33.4 Å². The summed E-state index contributed by atoms with van der Waals surface area (Å²) < 4.78 is 17.1. The van der Waals surface area contributed by atoms with Gasteiger partial charge in [-0.25, -0.2) is 4.90 Å². The molecule has 0 radical (unpaired) electrons. The summed E-state index contributed by atoms with van der Waals surface area (Å²) in [5.41, 5.74) is 0.322. The summed E-state index contributed by atoms with van der Waals surface area (Å²) in [6.07, 6.45) is -0.128. The molecule has 2 amide bonds. The van der Waals surface area contributed by atoms with Gasteiger partial charge < -0.3 is 14.2 Å². The van der Waals surface area contributed by atoms with Crippen molar-refractivity contribution in [2.45, 2.75) is 25.0 Å². The molecule has 7 rings (SSSR count). The lowest BCUT2D eigenvalue weighted by Crippen LogP contribution is -2.51. The zero-order valence-corrected chi connectivity index (χ0v) is 19.8. The van der Waals surface area contributed by atoms with Crippen LogP contribution in [-0.2, 0) is 20.7 Å². The number of fused-ring (bicyclic) bond motifs is 4. The summed E-state index contributed by atoms with van der Waals surface area (Å²) in [5.74, 6) is -3.75. The number of carbonyl (C=O) groups excluding carboxylic acids is 4. The zero-order valence-electron chi connectivity index (χ0n) is 19.8. The van der Waals surface area contributed by atoms with Crippen LogP contribution < -0.4 is 14.4 Å². The lowest BCUT2D eigenvalue weighted by Gasteiger charge is -2.27. The molecule has 0 aromatic heterocycles. The molecule has 184 valence electrons. The maximum atomic E-state index is 14.0. The van der Waals surface area contributed by atoms with Gasteiger partial charge in [0.25, 0.3) is 0 Å². The third-order valence-electron chi connectivity index (χ3n) is 7.85. The lowest BCUT2D eigenvalue weighted by molar-refractivity contribution is -0.127. The van der Waals surface area contributed by atoms with Crippen molar-refractivity contribution in [2.75, 3.05) is 11.7 Å². The summed E-state index contributed by atoms with van der Waals surface area (Å²) in [4.78, 5) is 56.7. The van der Waals surface area contributed by atoms with E-state index >= 15 is 0 Å². The number of rotatable bonds is 3. The van der Waals surface area contributed by atoms with Gasteiger partial charge in [-0.3, -0.25) is 19.2 Å². The molecule has 8 nitrogen and oxygen atoms in total. The summed E-state index contributed by atoms with van der Waals surface area (Å²) in [7, 11) is 0. The molecule has 4 aliphatic rings. The second-order valence-electron chi connectivity index (χ2n) is 9.63. The van der Waals surface area contributed by atoms with Crippen LogP contribution in [0.15, 0.2) is 66.7 Å². The molecule has 3 unspecified atom stereocenters. The van der Waals surface area contributed by atoms with Gasteiger partial charge in [-0.1, -0.05) is 55.5 Å². The molecule has 3 aromatic rings. The van der Waals surface area contributed by atoms with Gasteiger partial charge in [0.2, 0.25) is 35.8 Å². The van der Waals surface area contributed by atoms with E-state index in [1.54, 1.807) is 42.5 Å². The van der Waals surface area contributed by atoms with Crippen molar-refractivity contribution in [2.24, 2.45) is 11.8 Å². The average Bonchev–Trinajstić information content (AvgIpc) is 3.65. The average molecular weight is 495 g/mol. The number of hydrogen-bond acceptors (Lipinski definition) is 7. The van der Waals surface area contributed by atoms with Crippen molar-refractivity contribution in [1.29, 1.82) is 0 Å². The molecular formula is C29H21NO7. The molecule has 3 aromatic carbocycles. The van der Waals surface area contributed by atoms with Crippen molar-refractivity contribution in [3.8, 4) is 11.5 Å². The molecule has 8 heteroatoms. The molecule has 1 aliphatic carbocycles. The molecule has 2 saturated heterocycles. The first-order valence-corrected chi connectivity index (χ1v) is 12.2. The molecular weight excluding hydrogens is 474 g/mol. The second kappa shape index (κ2) is 7.60. The number of amides is 2. The summed E-state index contributed by atoms with van der Waals surface area (Å²) in [6, 6.07) is 18.7. The van der Waals surface area contributed by atoms with Crippen molar-refractivity contribution >= 4 is 29.1 Å². The maximum Gasteiger partial charge on any atom is 0.241 e. The lowest BCUT2D eigenvalue weighted by atomic mass is 9.77. The Kier molecular flexibility index (Phi) is 4.51. The number of hydrogen-bond donors (Lipinski definition) is 0. The number of anilines is 1. The first kappa shape index (κ1) is 21.9. The van der Waals surface area contributed by atoms with E-state index < -0.39 is 46.9 Å². The van der Waals surface area contributed by atoms with Crippen LogP contribution in [0.4, 0.5) is 5.69 Å². The number of ether oxygens (including phenoxy) is 3. The topological polar surface area (TPSA) is 99.2 Å². The number of nitrogens with zero attached hydrogens (tertiary/aromatic N) is 1. The first-order chi connectivity index (χ1) is 18.0. The van der Waals surface area contributed by atoms with E-state index in [0.29, 0.717) is 22.7 Å². The fraction of sp³-hybridized carbons (Fsp3) is 0.241. The number of benzene rings is 3. The van der Waals surface area contributed by atoms with Gasteiger partial charge >= 0.3 is 0 Å². The fourth-order valence-corrected chi connectivity index (χ4v) is 6.04. The van der Waals surface area contributed by atoms with E-state index in [4.69, 9.17) is 14.2 Å². The summed E-state index contributed by atoms with van der Waals surface area (Å²) in [5, 5.41) is 0. The normalized spacial score (nSPS) is 24.8. The highest BCUT2D eigenvalue weighted by atomic mass is 16.7. The van der Waals surface area contributed by atoms with E-state index in [0.717, 1.165) is 16.9 Å². The largest absolute Gasteiger partial charge is 0.454 e. The zero-order chi connectivity index (χ0) is 25.5. The minimum atomic E-state index is -2.10. The van der Waals surface area contributed by atoms with E-state index in [9.17, 15) is 19.2 Å². The van der Waals surface area contributed by atoms with Gasteiger partial charge in [-0.2, -0.15) is 0 Å². The molecule has 37 heavy (non-hydrogen) atoms. The summed E-state index contributed by atoms with van der Waals surface area (Å²) in [6.45, 7) is 2.07. The molecule has 0 bridgehead atoms.